The van der Waals surface area contributed by atoms with E-state index in [9.17, 15) is 4.79 Å². The van der Waals surface area contributed by atoms with Crippen LogP contribution in [0.1, 0.15) is 18.4 Å². The largest absolute Gasteiger partial charge is 0.493 e. The molecular formula is C17H23NO5. The average Bonchev–Trinajstić information content (AvgIpc) is 3.10. The van der Waals surface area contributed by atoms with Crippen molar-refractivity contribution in [1.82, 2.24) is 5.32 Å². The first-order valence-corrected chi connectivity index (χ1v) is 7.56. The minimum atomic E-state index is -0.169. The van der Waals surface area contributed by atoms with Crippen LogP contribution in [0, 0.1) is 0 Å². The normalized spacial score (nSPS) is 17.3. The van der Waals surface area contributed by atoms with Gasteiger partial charge in [0.15, 0.2) is 11.5 Å². The summed E-state index contributed by atoms with van der Waals surface area (Å²) in [6.07, 6.45) is 5.33. The van der Waals surface area contributed by atoms with Gasteiger partial charge in [-0.25, -0.2) is 0 Å². The van der Waals surface area contributed by atoms with E-state index in [0.29, 0.717) is 23.8 Å². The van der Waals surface area contributed by atoms with Crippen molar-refractivity contribution >= 4 is 12.0 Å². The van der Waals surface area contributed by atoms with E-state index in [4.69, 9.17) is 18.9 Å². The van der Waals surface area contributed by atoms with Crippen LogP contribution >= 0.6 is 0 Å². The third kappa shape index (κ3) is 4.39. The van der Waals surface area contributed by atoms with Crippen LogP contribution in [0.4, 0.5) is 0 Å². The van der Waals surface area contributed by atoms with Crippen LogP contribution in [0.2, 0.25) is 0 Å². The van der Waals surface area contributed by atoms with E-state index in [0.717, 1.165) is 25.0 Å². The van der Waals surface area contributed by atoms with E-state index in [1.807, 2.05) is 6.07 Å². The highest BCUT2D eigenvalue weighted by Gasteiger charge is 2.16. The van der Waals surface area contributed by atoms with Gasteiger partial charge in [0.05, 0.1) is 27.4 Å². The van der Waals surface area contributed by atoms with Gasteiger partial charge in [-0.05, 0) is 31.1 Å². The molecule has 0 aromatic heterocycles. The molecule has 1 aromatic rings. The van der Waals surface area contributed by atoms with Crippen LogP contribution < -0.4 is 19.5 Å². The molecule has 0 radical (unpaired) electrons. The second-order valence-electron chi connectivity index (χ2n) is 5.14. The van der Waals surface area contributed by atoms with Crippen LogP contribution in [-0.2, 0) is 9.53 Å². The fourth-order valence-corrected chi connectivity index (χ4v) is 2.50. The Hall–Kier alpha value is -2.21. The molecule has 1 amide bonds. The van der Waals surface area contributed by atoms with E-state index in [1.54, 1.807) is 33.5 Å². The molecule has 0 aliphatic carbocycles. The number of rotatable bonds is 7. The molecule has 1 saturated heterocycles. The Morgan fingerprint density at radius 2 is 2.04 bits per heavy atom. The van der Waals surface area contributed by atoms with Gasteiger partial charge in [-0.1, -0.05) is 0 Å². The highest BCUT2D eigenvalue weighted by Crippen LogP contribution is 2.40. The van der Waals surface area contributed by atoms with Crippen molar-refractivity contribution in [1.29, 1.82) is 0 Å². The van der Waals surface area contributed by atoms with Gasteiger partial charge in [-0.2, -0.15) is 0 Å². The first kappa shape index (κ1) is 17.1. The zero-order valence-corrected chi connectivity index (χ0v) is 13.8. The topological polar surface area (TPSA) is 66.0 Å². The number of ether oxygens (including phenoxy) is 4. The van der Waals surface area contributed by atoms with Crippen molar-refractivity contribution in [2.45, 2.75) is 18.9 Å². The predicted molar refractivity (Wildman–Crippen MR) is 87.1 cm³/mol. The quantitative estimate of drug-likeness (QED) is 0.778. The lowest BCUT2D eigenvalue weighted by Gasteiger charge is -2.14. The minimum Gasteiger partial charge on any atom is -0.493 e. The lowest BCUT2D eigenvalue weighted by atomic mass is 10.1. The molecule has 126 valence electrons. The molecule has 1 fully saturated rings. The van der Waals surface area contributed by atoms with E-state index < -0.39 is 0 Å². The van der Waals surface area contributed by atoms with Crippen LogP contribution in [0.25, 0.3) is 6.08 Å². The van der Waals surface area contributed by atoms with Crippen molar-refractivity contribution < 1.29 is 23.7 Å². The zero-order valence-electron chi connectivity index (χ0n) is 13.8. The molecule has 0 spiro atoms. The number of amides is 1. The van der Waals surface area contributed by atoms with Crippen molar-refractivity contribution in [3.8, 4) is 17.2 Å². The highest BCUT2D eigenvalue weighted by atomic mass is 16.5. The summed E-state index contributed by atoms with van der Waals surface area (Å²) in [5.41, 5.74) is 0.734. The molecule has 2 rings (SSSR count). The summed E-state index contributed by atoms with van der Waals surface area (Å²) >= 11 is 0. The van der Waals surface area contributed by atoms with Gasteiger partial charge in [0.1, 0.15) is 0 Å². The van der Waals surface area contributed by atoms with Crippen LogP contribution in [0.15, 0.2) is 18.2 Å². The predicted octanol–water partition coefficient (Wildman–Crippen LogP) is 2.02. The van der Waals surface area contributed by atoms with Gasteiger partial charge in [0.2, 0.25) is 11.7 Å². The minimum absolute atomic E-state index is 0.128. The number of hydrogen-bond donors (Lipinski definition) is 1. The van der Waals surface area contributed by atoms with Crippen molar-refractivity contribution in [3.05, 3.63) is 23.8 Å². The van der Waals surface area contributed by atoms with Gasteiger partial charge >= 0.3 is 0 Å². The molecule has 0 saturated carbocycles. The number of carbonyl (C=O) groups is 1. The van der Waals surface area contributed by atoms with Gasteiger partial charge in [-0.3, -0.25) is 4.79 Å². The Bertz CT molecular complexity index is 564. The summed E-state index contributed by atoms with van der Waals surface area (Å²) in [6, 6.07) is 3.58. The number of methoxy groups -OCH3 is 3. The van der Waals surface area contributed by atoms with Gasteiger partial charge in [0.25, 0.3) is 0 Å². The van der Waals surface area contributed by atoms with Gasteiger partial charge in [0, 0.05) is 24.8 Å². The summed E-state index contributed by atoms with van der Waals surface area (Å²) in [5, 5.41) is 2.84. The summed E-state index contributed by atoms with van der Waals surface area (Å²) < 4.78 is 21.4. The van der Waals surface area contributed by atoms with Crippen LogP contribution in [0.5, 0.6) is 17.2 Å². The molecule has 23 heavy (non-hydrogen) atoms. The third-order valence-electron chi connectivity index (χ3n) is 3.68. The van der Waals surface area contributed by atoms with Crippen LogP contribution in [0.3, 0.4) is 0 Å². The molecule has 1 unspecified atom stereocenters. The van der Waals surface area contributed by atoms with Crippen molar-refractivity contribution in [2.24, 2.45) is 0 Å². The van der Waals surface area contributed by atoms with Crippen molar-refractivity contribution in [3.63, 3.8) is 0 Å². The maximum atomic E-state index is 11.9. The van der Waals surface area contributed by atoms with Crippen molar-refractivity contribution in [2.75, 3.05) is 34.5 Å². The Balaban J connectivity index is 2.04. The van der Waals surface area contributed by atoms with E-state index in [1.165, 1.54) is 6.08 Å². The first-order valence-electron chi connectivity index (χ1n) is 7.56. The van der Waals surface area contributed by atoms with Crippen LogP contribution in [-0.4, -0.2) is 46.5 Å². The van der Waals surface area contributed by atoms with E-state index in [2.05, 4.69) is 5.32 Å². The molecule has 6 nitrogen and oxygen atoms in total. The molecule has 6 heteroatoms. The number of nitrogens with one attached hydrogen (secondary N) is 1. The molecule has 1 N–H and O–H groups in total. The lowest BCUT2D eigenvalue weighted by Crippen LogP contribution is -2.30. The number of hydrogen-bond acceptors (Lipinski definition) is 5. The molecule has 1 heterocycles. The highest BCUT2D eigenvalue weighted by molar-refractivity contribution is 5.92. The second-order valence-corrected chi connectivity index (χ2v) is 5.14. The summed E-state index contributed by atoms with van der Waals surface area (Å²) in [4.78, 5) is 11.9. The molecule has 1 aromatic carbocycles. The lowest BCUT2D eigenvalue weighted by molar-refractivity contribution is -0.116. The maximum Gasteiger partial charge on any atom is 0.244 e. The maximum absolute atomic E-state index is 11.9. The first-order chi connectivity index (χ1) is 11.2. The number of carbonyl (C=O) groups excluding carboxylic acids is 1. The number of benzene rings is 1. The zero-order chi connectivity index (χ0) is 16.7. The molecule has 1 atom stereocenters. The van der Waals surface area contributed by atoms with E-state index in [-0.39, 0.29) is 12.0 Å². The third-order valence-corrected chi connectivity index (χ3v) is 3.68. The Labute approximate surface area is 136 Å². The molecule has 1 aliphatic rings. The average molecular weight is 321 g/mol. The molecule has 0 bridgehead atoms. The van der Waals surface area contributed by atoms with Gasteiger partial charge < -0.3 is 24.3 Å². The smallest absolute Gasteiger partial charge is 0.244 e. The SMILES string of the molecule is COc1ccc(C=CC(=O)NCC2CCCO2)c(OC)c1OC. The Kier molecular flexibility index (Phi) is 6.29. The monoisotopic (exact) mass is 321 g/mol. The summed E-state index contributed by atoms with van der Waals surface area (Å²) in [6.45, 7) is 1.31. The fourth-order valence-electron chi connectivity index (χ4n) is 2.50. The molecule has 1 aliphatic heterocycles. The fraction of sp³-hybridized carbons (Fsp3) is 0.471. The standard InChI is InChI=1S/C17H23NO5/c1-20-14-8-6-12(16(21-2)17(14)22-3)7-9-15(19)18-11-13-5-4-10-23-13/h6-9,13H,4-5,10-11H2,1-3H3,(H,18,19). The summed E-state index contributed by atoms with van der Waals surface area (Å²) in [7, 11) is 4.65. The molecular weight excluding hydrogens is 298 g/mol. The Morgan fingerprint density at radius 1 is 1.26 bits per heavy atom. The van der Waals surface area contributed by atoms with E-state index >= 15 is 0 Å². The second kappa shape index (κ2) is 8.43. The van der Waals surface area contributed by atoms with Gasteiger partial charge in [-0.15, -0.1) is 0 Å². The summed E-state index contributed by atoms with van der Waals surface area (Å²) in [5.74, 6) is 1.42. The Morgan fingerprint density at radius 3 is 2.65 bits per heavy atom.